The van der Waals surface area contributed by atoms with Crippen molar-refractivity contribution in [2.75, 3.05) is 19.7 Å². The normalized spacial score (nSPS) is 14.1. The fraction of sp³-hybridized carbons (Fsp3) is 0.400. The maximum absolute atomic E-state index is 12.2. The minimum absolute atomic E-state index is 0.00421. The number of carboxylic acids is 1. The van der Waals surface area contributed by atoms with Gasteiger partial charge in [-0.2, -0.15) is 0 Å². The molecule has 0 radical (unpaired) electrons. The quantitative estimate of drug-likeness (QED) is 0.524. The van der Waals surface area contributed by atoms with E-state index in [0.717, 1.165) is 11.1 Å². The van der Waals surface area contributed by atoms with Crippen molar-refractivity contribution in [1.82, 2.24) is 10.6 Å². The predicted octanol–water partition coefficient (Wildman–Crippen LogP) is 3.78. The number of carbonyl (C=O) groups is 3. The molecular weight excluding hydrogens is 408 g/mol. The van der Waals surface area contributed by atoms with Crippen molar-refractivity contribution in [3.8, 4) is 11.1 Å². The second-order valence-electron chi connectivity index (χ2n) is 8.39. The summed E-state index contributed by atoms with van der Waals surface area (Å²) in [4.78, 5) is 35.0. The van der Waals surface area contributed by atoms with E-state index in [0.29, 0.717) is 19.5 Å². The van der Waals surface area contributed by atoms with E-state index in [2.05, 4.69) is 34.9 Å². The van der Waals surface area contributed by atoms with Crippen LogP contribution < -0.4 is 10.6 Å². The first kappa shape index (κ1) is 23.3. The highest BCUT2D eigenvalue weighted by atomic mass is 16.5. The molecule has 0 saturated carbocycles. The Hall–Kier alpha value is -3.35. The number of carboxylic acid groups (broad SMARTS) is 1. The molecule has 1 aliphatic rings. The Bertz CT molecular complexity index is 929. The van der Waals surface area contributed by atoms with Gasteiger partial charge in [-0.3, -0.25) is 9.59 Å². The van der Waals surface area contributed by atoms with Crippen molar-refractivity contribution >= 4 is 18.0 Å². The minimum Gasteiger partial charge on any atom is -0.481 e. The van der Waals surface area contributed by atoms with Crippen LogP contribution in [0, 0.1) is 11.8 Å². The smallest absolute Gasteiger partial charge is 0.407 e. The Balaban J connectivity index is 1.41. The molecule has 0 aromatic heterocycles. The van der Waals surface area contributed by atoms with Gasteiger partial charge in [0.25, 0.3) is 0 Å². The van der Waals surface area contributed by atoms with Crippen LogP contribution in [0.1, 0.15) is 43.7 Å². The lowest BCUT2D eigenvalue weighted by molar-refractivity contribution is -0.141. The zero-order chi connectivity index (χ0) is 23.1. The lowest BCUT2D eigenvalue weighted by Gasteiger charge is -2.16. The van der Waals surface area contributed by atoms with E-state index < -0.39 is 18.0 Å². The van der Waals surface area contributed by atoms with Gasteiger partial charge >= 0.3 is 12.1 Å². The van der Waals surface area contributed by atoms with Gasteiger partial charge in [-0.25, -0.2) is 4.79 Å². The van der Waals surface area contributed by atoms with Crippen LogP contribution in [0.15, 0.2) is 48.5 Å². The highest BCUT2D eigenvalue weighted by molar-refractivity contribution is 5.79. The Morgan fingerprint density at radius 2 is 1.56 bits per heavy atom. The van der Waals surface area contributed by atoms with Gasteiger partial charge in [-0.1, -0.05) is 62.4 Å². The molecule has 2 unspecified atom stereocenters. The van der Waals surface area contributed by atoms with Crippen molar-refractivity contribution in [3.63, 3.8) is 0 Å². The number of rotatable bonds is 10. The van der Waals surface area contributed by atoms with Crippen molar-refractivity contribution in [2.24, 2.45) is 11.8 Å². The molecule has 7 nitrogen and oxygen atoms in total. The Morgan fingerprint density at radius 3 is 2.16 bits per heavy atom. The minimum atomic E-state index is -0.875. The van der Waals surface area contributed by atoms with Crippen molar-refractivity contribution in [3.05, 3.63) is 59.7 Å². The summed E-state index contributed by atoms with van der Waals surface area (Å²) in [6, 6.07) is 16.3. The molecule has 3 rings (SSSR count). The van der Waals surface area contributed by atoms with Crippen LogP contribution in [-0.4, -0.2) is 42.8 Å². The fourth-order valence-electron chi connectivity index (χ4n) is 3.92. The summed E-state index contributed by atoms with van der Waals surface area (Å²) in [5, 5.41) is 14.3. The molecule has 2 aromatic rings. The molecule has 32 heavy (non-hydrogen) atoms. The first-order chi connectivity index (χ1) is 15.4. The van der Waals surface area contributed by atoms with E-state index >= 15 is 0 Å². The first-order valence-corrected chi connectivity index (χ1v) is 10.9. The summed E-state index contributed by atoms with van der Waals surface area (Å²) in [7, 11) is 0. The van der Waals surface area contributed by atoms with Crippen LogP contribution in [0.25, 0.3) is 11.1 Å². The maximum Gasteiger partial charge on any atom is 0.407 e. The number of carbonyl (C=O) groups excluding carboxylic acids is 2. The molecule has 7 heteroatoms. The number of ether oxygens (including phenoxy) is 1. The van der Waals surface area contributed by atoms with E-state index in [9.17, 15) is 14.4 Å². The summed E-state index contributed by atoms with van der Waals surface area (Å²) in [5.41, 5.74) is 4.66. The van der Waals surface area contributed by atoms with Gasteiger partial charge in [0.05, 0.1) is 5.92 Å². The van der Waals surface area contributed by atoms with E-state index in [1.807, 2.05) is 31.2 Å². The lowest BCUT2D eigenvalue weighted by Crippen LogP contribution is -2.33. The SMILES string of the molecule is CC(CNC(=O)OCC1c2ccccc2-c2ccccc21)CC(=O)NCCC(C)C(=O)O. The Labute approximate surface area is 188 Å². The number of aliphatic carboxylic acids is 1. The number of hydrogen-bond acceptors (Lipinski definition) is 4. The molecule has 0 saturated heterocycles. The Morgan fingerprint density at radius 1 is 0.969 bits per heavy atom. The first-order valence-electron chi connectivity index (χ1n) is 10.9. The number of alkyl carbamates (subject to hydrolysis) is 1. The van der Waals surface area contributed by atoms with E-state index in [1.54, 1.807) is 6.92 Å². The summed E-state index contributed by atoms with van der Waals surface area (Å²) in [6.07, 6.45) is 0.118. The lowest BCUT2D eigenvalue weighted by atomic mass is 9.98. The molecule has 3 N–H and O–H groups in total. The number of fused-ring (bicyclic) bond motifs is 3. The third kappa shape index (κ3) is 5.87. The topological polar surface area (TPSA) is 105 Å². The number of nitrogens with one attached hydrogen (secondary N) is 2. The summed E-state index contributed by atoms with van der Waals surface area (Å²) in [6.45, 7) is 4.35. The molecule has 1 aliphatic carbocycles. The molecule has 0 spiro atoms. The molecule has 0 aliphatic heterocycles. The average Bonchev–Trinajstić information content (AvgIpc) is 3.10. The fourth-order valence-corrected chi connectivity index (χ4v) is 3.92. The van der Waals surface area contributed by atoms with Crippen molar-refractivity contribution in [1.29, 1.82) is 0 Å². The molecular formula is C25H30N2O5. The van der Waals surface area contributed by atoms with Crippen LogP contribution in [-0.2, 0) is 14.3 Å². The van der Waals surface area contributed by atoms with E-state index in [4.69, 9.17) is 9.84 Å². The molecule has 0 bridgehead atoms. The van der Waals surface area contributed by atoms with Crippen molar-refractivity contribution in [2.45, 2.75) is 32.6 Å². The molecule has 2 amide bonds. The third-order valence-corrected chi connectivity index (χ3v) is 5.79. The second kappa shape index (κ2) is 10.8. The van der Waals surface area contributed by atoms with Crippen LogP contribution >= 0.6 is 0 Å². The Kier molecular flexibility index (Phi) is 7.87. The number of amides is 2. The summed E-state index contributed by atoms with van der Waals surface area (Å²) >= 11 is 0. The molecule has 170 valence electrons. The van der Waals surface area contributed by atoms with Gasteiger partial charge in [-0.15, -0.1) is 0 Å². The van der Waals surface area contributed by atoms with Crippen molar-refractivity contribution < 1.29 is 24.2 Å². The van der Waals surface area contributed by atoms with Gasteiger partial charge in [0.15, 0.2) is 0 Å². The summed E-state index contributed by atoms with van der Waals surface area (Å²) < 4.78 is 5.50. The van der Waals surface area contributed by atoms with Crippen LogP contribution in [0.5, 0.6) is 0 Å². The number of benzene rings is 2. The van der Waals surface area contributed by atoms with E-state index in [-0.39, 0.29) is 30.8 Å². The standard InChI is InChI=1S/C25H30N2O5/c1-16(13-23(28)26-12-11-17(2)24(29)30)14-27-25(31)32-15-22-20-9-5-3-7-18(20)19-8-4-6-10-21(19)22/h3-10,16-17,22H,11-15H2,1-2H3,(H,26,28)(H,27,31)(H,29,30). The zero-order valence-electron chi connectivity index (χ0n) is 18.5. The monoisotopic (exact) mass is 438 g/mol. The van der Waals surface area contributed by atoms with Gasteiger partial charge in [-0.05, 0) is 34.6 Å². The summed E-state index contributed by atoms with van der Waals surface area (Å²) in [5.74, 6) is -1.61. The zero-order valence-corrected chi connectivity index (χ0v) is 18.5. The largest absolute Gasteiger partial charge is 0.481 e. The van der Waals surface area contributed by atoms with Gasteiger partial charge in [0.2, 0.25) is 5.91 Å². The van der Waals surface area contributed by atoms with Gasteiger partial charge in [0.1, 0.15) is 6.61 Å². The van der Waals surface area contributed by atoms with Gasteiger partial charge in [0, 0.05) is 25.4 Å². The molecule has 0 heterocycles. The molecule has 0 fully saturated rings. The molecule has 2 atom stereocenters. The predicted molar refractivity (Wildman–Crippen MR) is 121 cm³/mol. The van der Waals surface area contributed by atoms with Crippen LogP contribution in [0.4, 0.5) is 4.79 Å². The highest BCUT2D eigenvalue weighted by Crippen LogP contribution is 2.44. The second-order valence-corrected chi connectivity index (χ2v) is 8.39. The van der Waals surface area contributed by atoms with E-state index in [1.165, 1.54) is 11.1 Å². The van der Waals surface area contributed by atoms with Crippen LogP contribution in [0.2, 0.25) is 0 Å². The number of hydrogen-bond donors (Lipinski definition) is 3. The van der Waals surface area contributed by atoms with Gasteiger partial charge < -0.3 is 20.5 Å². The average molecular weight is 439 g/mol. The molecule has 2 aromatic carbocycles. The maximum atomic E-state index is 12.2. The van der Waals surface area contributed by atoms with Crippen LogP contribution in [0.3, 0.4) is 0 Å². The third-order valence-electron chi connectivity index (χ3n) is 5.79. The highest BCUT2D eigenvalue weighted by Gasteiger charge is 2.29.